The third-order valence-corrected chi connectivity index (χ3v) is 3.05. The van der Waals surface area contributed by atoms with Gasteiger partial charge in [-0.3, -0.25) is 4.79 Å². The molecule has 0 spiro atoms. The smallest absolute Gasteiger partial charge is 0.251 e. The lowest BCUT2D eigenvalue weighted by molar-refractivity contribution is 0.0953. The highest BCUT2D eigenvalue weighted by Gasteiger charge is 2.13. The molecule has 0 aromatic heterocycles. The van der Waals surface area contributed by atoms with Gasteiger partial charge in [0.05, 0.1) is 13.2 Å². The van der Waals surface area contributed by atoms with Gasteiger partial charge in [-0.05, 0) is 29.7 Å². The predicted octanol–water partition coefficient (Wildman–Crippen LogP) is 2.64. The summed E-state index contributed by atoms with van der Waals surface area (Å²) in [7, 11) is 0. The van der Waals surface area contributed by atoms with Crippen LogP contribution in [0.25, 0.3) is 0 Å². The molecule has 1 aliphatic rings. The fraction of sp³-hybridized carbons (Fsp3) is 0.500. The number of benzene rings is 1. The molecule has 2 rings (SSSR count). The van der Waals surface area contributed by atoms with Crippen LogP contribution in [0.2, 0.25) is 0 Å². The number of carbonyl (C=O) groups excluding carboxylic acids is 1. The molecular formula is C14H19NO2. The average Bonchev–Trinajstić information content (AvgIpc) is 2.81. The highest BCUT2D eigenvalue weighted by molar-refractivity contribution is 5.94. The summed E-state index contributed by atoms with van der Waals surface area (Å²) in [5.41, 5.74) is 3.09. The molecule has 0 aliphatic carbocycles. The maximum atomic E-state index is 11.9. The van der Waals surface area contributed by atoms with Crippen LogP contribution in [0.4, 0.5) is 0 Å². The first kappa shape index (κ1) is 12.1. The lowest BCUT2D eigenvalue weighted by Gasteiger charge is -2.06. The first-order chi connectivity index (χ1) is 8.31. The van der Waals surface area contributed by atoms with Crippen LogP contribution in [0, 0.1) is 0 Å². The van der Waals surface area contributed by atoms with Gasteiger partial charge < -0.3 is 10.1 Å². The molecule has 0 saturated heterocycles. The van der Waals surface area contributed by atoms with Crippen molar-refractivity contribution in [1.29, 1.82) is 0 Å². The summed E-state index contributed by atoms with van der Waals surface area (Å²) in [6.07, 6.45) is 3.39. The summed E-state index contributed by atoms with van der Waals surface area (Å²) in [5, 5.41) is 2.95. The summed E-state index contributed by atoms with van der Waals surface area (Å²) >= 11 is 0. The van der Waals surface area contributed by atoms with Crippen molar-refractivity contribution >= 4 is 5.91 Å². The van der Waals surface area contributed by atoms with Gasteiger partial charge in [-0.25, -0.2) is 0 Å². The number of rotatable bonds is 5. The maximum absolute atomic E-state index is 11.9. The zero-order chi connectivity index (χ0) is 12.1. The van der Waals surface area contributed by atoms with Crippen molar-refractivity contribution in [3.05, 3.63) is 34.9 Å². The molecule has 3 heteroatoms. The number of nitrogens with one attached hydrogen (secondary N) is 1. The quantitative estimate of drug-likeness (QED) is 0.794. The largest absolute Gasteiger partial charge is 0.372 e. The van der Waals surface area contributed by atoms with E-state index in [-0.39, 0.29) is 5.91 Å². The average molecular weight is 233 g/mol. The molecule has 17 heavy (non-hydrogen) atoms. The lowest BCUT2D eigenvalue weighted by atomic mass is 10.1. The van der Waals surface area contributed by atoms with Crippen LogP contribution in [0.3, 0.4) is 0 Å². The van der Waals surface area contributed by atoms with E-state index in [4.69, 9.17) is 4.74 Å². The maximum Gasteiger partial charge on any atom is 0.251 e. The number of fused-ring (bicyclic) bond motifs is 1. The first-order valence-corrected chi connectivity index (χ1v) is 6.29. The Morgan fingerprint density at radius 3 is 2.94 bits per heavy atom. The lowest BCUT2D eigenvalue weighted by Crippen LogP contribution is -2.24. The van der Waals surface area contributed by atoms with E-state index >= 15 is 0 Å². The van der Waals surface area contributed by atoms with Gasteiger partial charge in [0.25, 0.3) is 5.91 Å². The van der Waals surface area contributed by atoms with Gasteiger partial charge in [-0.1, -0.05) is 25.8 Å². The van der Waals surface area contributed by atoms with E-state index in [1.165, 1.54) is 12.0 Å². The summed E-state index contributed by atoms with van der Waals surface area (Å²) in [6.45, 7) is 4.22. The fourth-order valence-electron chi connectivity index (χ4n) is 1.99. The van der Waals surface area contributed by atoms with Crippen molar-refractivity contribution in [2.24, 2.45) is 0 Å². The van der Waals surface area contributed by atoms with Gasteiger partial charge in [-0.15, -0.1) is 0 Å². The van der Waals surface area contributed by atoms with Gasteiger partial charge >= 0.3 is 0 Å². The Labute approximate surface area is 102 Å². The predicted molar refractivity (Wildman–Crippen MR) is 66.8 cm³/mol. The second-order valence-corrected chi connectivity index (χ2v) is 4.44. The summed E-state index contributed by atoms with van der Waals surface area (Å²) in [4.78, 5) is 11.9. The van der Waals surface area contributed by atoms with Crippen molar-refractivity contribution in [3.63, 3.8) is 0 Å². The number of unbranched alkanes of at least 4 members (excludes halogenated alkanes) is 2. The number of hydrogen-bond acceptors (Lipinski definition) is 2. The van der Waals surface area contributed by atoms with Crippen LogP contribution < -0.4 is 5.32 Å². The van der Waals surface area contributed by atoms with E-state index < -0.39 is 0 Å². The van der Waals surface area contributed by atoms with Crippen molar-refractivity contribution in [2.45, 2.75) is 39.4 Å². The second-order valence-electron chi connectivity index (χ2n) is 4.44. The van der Waals surface area contributed by atoms with Gasteiger partial charge in [0.2, 0.25) is 0 Å². The van der Waals surface area contributed by atoms with Gasteiger partial charge in [0.1, 0.15) is 0 Å². The molecule has 0 fully saturated rings. The monoisotopic (exact) mass is 233 g/mol. The Balaban J connectivity index is 1.91. The Morgan fingerprint density at radius 1 is 1.29 bits per heavy atom. The molecule has 1 aromatic rings. The second kappa shape index (κ2) is 5.82. The normalized spacial score (nSPS) is 13.5. The van der Waals surface area contributed by atoms with Crippen LogP contribution in [0.5, 0.6) is 0 Å². The minimum Gasteiger partial charge on any atom is -0.372 e. The number of hydrogen-bond donors (Lipinski definition) is 1. The molecule has 0 saturated carbocycles. The van der Waals surface area contributed by atoms with E-state index in [1.54, 1.807) is 0 Å². The zero-order valence-corrected chi connectivity index (χ0v) is 10.3. The number of carbonyl (C=O) groups is 1. The highest BCUT2D eigenvalue weighted by atomic mass is 16.5. The van der Waals surface area contributed by atoms with Crippen LogP contribution >= 0.6 is 0 Å². The minimum absolute atomic E-state index is 0.0239. The van der Waals surface area contributed by atoms with E-state index in [9.17, 15) is 4.79 Å². The third-order valence-electron chi connectivity index (χ3n) is 3.05. The standard InChI is InChI=1S/C14H19NO2/c1-2-3-4-7-15-14(16)11-5-6-12-9-17-10-13(12)8-11/h5-6,8H,2-4,7,9-10H2,1H3,(H,15,16). The summed E-state index contributed by atoms with van der Waals surface area (Å²) in [5.74, 6) is 0.0239. The first-order valence-electron chi connectivity index (χ1n) is 6.29. The van der Waals surface area contributed by atoms with Gasteiger partial charge in [-0.2, -0.15) is 0 Å². The highest BCUT2D eigenvalue weighted by Crippen LogP contribution is 2.20. The molecule has 0 bridgehead atoms. The number of ether oxygens (including phenoxy) is 1. The molecule has 3 nitrogen and oxygen atoms in total. The van der Waals surface area contributed by atoms with Crippen LogP contribution in [-0.4, -0.2) is 12.5 Å². The molecule has 0 unspecified atom stereocenters. The SMILES string of the molecule is CCCCCNC(=O)c1ccc2c(c1)COC2. The molecule has 1 amide bonds. The van der Waals surface area contributed by atoms with E-state index in [0.717, 1.165) is 30.5 Å². The van der Waals surface area contributed by atoms with Crippen molar-refractivity contribution in [2.75, 3.05) is 6.54 Å². The Bertz CT molecular complexity index is 401. The molecule has 92 valence electrons. The van der Waals surface area contributed by atoms with Crippen LogP contribution in [-0.2, 0) is 18.0 Å². The van der Waals surface area contributed by atoms with E-state index in [0.29, 0.717) is 13.2 Å². The third kappa shape index (κ3) is 3.07. The Hall–Kier alpha value is -1.35. The van der Waals surface area contributed by atoms with Crippen LogP contribution in [0.15, 0.2) is 18.2 Å². The topological polar surface area (TPSA) is 38.3 Å². The van der Waals surface area contributed by atoms with Crippen molar-refractivity contribution in [3.8, 4) is 0 Å². The number of amides is 1. The Morgan fingerprint density at radius 2 is 2.12 bits per heavy atom. The zero-order valence-electron chi connectivity index (χ0n) is 10.3. The Kier molecular flexibility index (Phi) is 4.15. The summed E-state index contributed by atoms with van der Waals surface area (Å²) in [6, 6.07) is 5.81. The van der Waals surface area contributed by atoms with Crippen molar-refractivity contribution in [1.82, 2.24) is 5.32 Å². The molecule has 0 atom stereocenters. The molecule has 1 aromatic carbocycles. The molecule has 1 heterocycles. The van der Waals surface area contributed by atoms with E-state index in [2.05, 4.69) is 12.2 Å². The van der Waals surface area contributed by atoms with Gasteiger partial charge in [0, 0.05) is 12.1 Å². The molecule has 0 radical (unpaired) electrons. The van der Waals surface area contributed by atoms with Crippen LogP contribution in [0.1, 0.15) is 47.7 Å². The molecular weight excluding hydrogens is 214 g/mol. The van der Waals surface area contributed by atoms with Gasteiger partial charge in [0.15, 0.2) is 0 Å². The molecule has 1 aliphatic heterocycles. The minimum atomic E-state index is 0.0239. The molecule has 1 N–H and O–H groups in total. The van der Waals surface area contributed by atoms with E-state index in [1.807, 2.05) is 18.2 Å². The summed E-state index contributed by atoms with van der Waals surface area (Å²) < 4.78 is 5.33. The van der Waals surface area contributed by atoms with Crippen molar-refractivity contribution < 1.29 is 9.53 Å². The fourth-order valence-corrected chi connectivity index (χ4v) is 1.99.